The van der Waals surface area contributed by atoms with Gasteiger partial charge in [-0.2, -0.15) is 0 Å². The molecule has 0 spiro atoms. The van der Waals surface area contributed by atoms with Crippen LogP contribution in [0.5, 0.6) is 0 Å². The maximum absolute atomic E-state index is 11.3. The van der Waals surface area contributed by atoms with Crippen LogP contribution in [0.3, 0.4) is 0 Å². The largest absolute Gasteiger partial charge is 0.465 e. The van der Waals surface area contributed by atoms with Crippen LogP contribution < -0.4 is 5.73 Å². The Labute approximate surface area is 87.9 Å². The fourth-order valence-corrected chi connectivity index (χ4v) is 2.06. The van der Waals surface area contributed by atoms with Gasteiger partial charge in [0, 0.05) is 6.04 Å². The van der Waals surface area contributed by atoms with Crippen LogP contribution >= 0.6 is 11.3 Å². The van der Waals surface area contributed by atoms with Crippen molar-refractivity contribution in [2.45, 2.75) is 25.8 Å². The van der Waals surface area contributed by atoms with Gasteiger partial charge >= 0.3 is 5.97 Å². The number of aryl methyl sites for hydroxylation is 1. The molecular formula is C10H15NO2S. The first kappa shape index (κ1) is 11.2. The van der Waals surface area contributed by atoms with Crippen LogP contribution in [0.4, 0.5) is 0 Å². The van der Waals surface area contributed by atoms with Gasteiger partial charge in [0.15, 0.2) is 0 Å². The summed E-state index contributed by atoms with van der Waals surface area (Å²) in [5, 5.41) is 1.91. The Hall–Kier alpha value is -0.870. The Bertz CT molecular complexity index is 307. The minimum absolute atomic E-state index is 0.167. The Morgan fingerprint density at radius 1 is 1.71 bits per heavy atom. The molecule has 0 amide bonds. The monoisotopic (exact) mass is 213 g/mol. The number of carbonyl (C=O) groups excluding carboxylic acids is 1. The third-order valence-corrected chi connectivity index (χ3v) is 2.92. The molecule has 0 bridgehead atoms. The third kappa shape index (κ3) is 2.82. The van der Waals surface area contributed by atoms with Crippen molar-refractivity contribution in [1.29, 1.82) is 0 Å². The number of hydrogen-bond acceptors (Lipinski definition) is 4. The molecular weight excluding hydrogens is 198 g/mol. The molecule has 0 radical (unpaired) electrons. The predicted molar refractivity (Wildman–Crippen MR) is 57.6 cm³/mol. The average molecular weight is 213 g/mol. The smallest absolute Gasteiger partial charge is 0.348 e. The Morgan fingerprint density at radius 3 is 3.00 bits per heavy atom. The Balaban J connectivity index is 2.67. The van der Waals surface area contributed by atoms with E-state index in [1.165, 1.54) is 18.4 Å². The molecule has 0 saturated heterocycles. The fraction of sp³-hybridized carbons (Fsp3) is 0.500. The second kappa shape index (κ2) is 5.12. The van der Waals surface area contributed by atoms with Crippen LogP contribution in [0.2, 0.25) is 0 Å². The highest BCUT2D eigenvalue weighted by Crippen LogP contribution is 2.19. The van der Waals surface area contributed by atoms with Gasteiger partial charge in [0.25, 0.3) is 0 Å². The first-order valence-electron chi connectivity index (χ1n) is 4.55. The average Bonchev–Trinajstić information content (AvgIpc) is 2.61. The van der Waals surface area contributed by atoms with Crippen LogP contribution in [0, 0.1) is 0 Å². The van der Waals surface area contributed by atoms with E-state index < -0.39 is 0 Å². The van der Waals surface area contributed by atoms with E-state index in [1.54, 1.807) is 0 Å². The fourth-order valence-electron chi connectivity index (χ4n) is 1.19. The summed E-state index contributed by atoms with van der Waals surface area (Å²) in [6, 6.07) is 2.12. The van der Waals surface area contributed by atoms with Gasteiger partial charge in [-0.3, -0.25) is 0 Å². The highest BCUT2D eigenvalue weighted by molar-refractivity contribution is 7.12. The maximum Gasteiger partial charge on any atom is 0.348 e. The second-order valence-corrected chi connectivity index (χ2v) is 4.20. The third-order valence-electron chi connectivity index (χ3n) is 1.99. The number of thiophene rings is 1. The molecule has 1 rings (SSSR count). The SMILES string of the molecule is COC(=O)c1sccc1CC[C@@H](C)N. The lowest BCUT2D eigenvalue weighted by atomic mass is 10.1. The van der Waals surface area contributed by atoms with Crippen molar-refractivity contribution in [3.8, 4) is 0 Å². The number of esters is 1. The number of ether oxygens (including phenoxy) is 1. The van der Waals surface area contributed by atoms with E-state index in [1.807, 2.05) is 18.4 Å². The van der Waals surface area contributed by atoms with Crippen LogP contribution in [-0.4, -0.2) is 19.1 Å². The summed E-state index contributed by atoms with van der Waals surface area (Å²) >= 11 is 1.42. The molecule has 0 aliphatic rings. The van der Waals surface area contributed by atoms with Crippen molar-refractivity contribution in [3.63, 3.8) is 0 Å². The molecule has 0 fully saturated rings. The lowest BCUT2D eigenvalue weighted by molar-refractivity contribution is 0.0605. The number of methoxy groups -OCH3 is 1. The second-order valence-electron chi connectivity index (χ2n) is 3.28. The van der Waals surface area contributed by atoms with Crippen molar-refractivity contribution >= 4 is 17.3 Å². The van der Waals surface area contributed by atoms with E-state index in [0.717, 1.165) is 18.4 Å². The molecule has 1 aromatic heterocycles. The summed E-state index contributed by atoms with van der Waals surface area (Å²) in [6.45, 7) is 1.96. The van der Waals surface area contributed by atoms with Crippen LogP contribution in [0.1, 0.15) is 28.6 Å². The topological polar surface area (TPSA) is 52.3 Å². The summed E-state index contributed by atoms with van der Waals surface area (Å²) in [7, 11) is 1.40. The van der Waals surface area contributed by atoms with Gasteiger partial charge < -0.3 is 10.5 Å². The van der Waals surface area contributed by atoms with Crippen molar-refractivity contribution in [2.24, 2.45) is 5.73 Å². The highest BCUT2D eigenvalue weighted by Gasteiger charge is 2.13. The summed E-state index contributed by atoms with van der Waals surface area (Å²) in [4.78, 5) is 12.0. The van der Waals surface area contributed by atoms with Gasteiger partial charge in [0.1, 0.15) is 4.88 Å². The molecule has 0 aliphatic heterocycles. The zero-order valence-corrected chi connectivity index (χ0v) is 9.26. The highest BCUT2D eigenvalue weighted by atomic mass is 32.1. The molecule has 0 saturated carbocycles. The van der Waals surface area contributed by atoms with Gasteiger partial charge in [-0.25, -0.2) is 4.79 Å². The van der Waals surface area contributed by atoms with Crippen molar-refractivity contribution in [2.75, 3.05) is 7.11 Å². The minimum atomic E-state index is -0.250. The number of rotatable bonds is 4. The van der Waals surface area contributed by atoms with Crippen LogP contribution in [0.25, 0.3) is 0 Å². The summed E-state index contributed by atoms with van der Waals surface area (Å²) in [6.07, 6.45) is 1.73. The number of carbonyl (C=O) groups is 1. The normalized spacial score (nSPS) is 12.5. The molecule has 3 nitrogen and oxygen atoms in total. The lowest BCUT2D eigenvalue weighted by Gasteiger charge is -2.04. The molecule has 14 heavy (non-hydrogen) atoms. The zero-order chi connectivity index (χ0) is 10.6. The standard InChI is InChI=1S/C10H15NO2S/c1-7(11)3-4-8-5-6-14-9(8)10(12)13-2/h5-7H,3-4,11H2,1-2H3/t7-/m1/s1. The molecule has 4 heteroatoms. The predicted octanol–water partition coefficient (Wildman–Crippen LogP) is 1.81. The van der Waals surface area contributed by atoms with Crippen LogP contribution in [-0.2, 0) is 11.2 Å². The van der Waals surface area contributed by atoms with Gasteiger partial charge in [-0.1, -0.05) is 0 Å². The molecule has 0 aromatic carbocycles. The number of hydrogen-bond donors (Lipinski definition) is 1. The summed E-state index contributed by atoms with van der Waals surface area (Å²) in [5.74, 6) is -0.250. The first-order chi connectivity index (χ1) is 6.65. The molecule has 78 valence electrons. The molecule has 1 heterocycles. The zero-order valence-electron chi connectivity index (χ0n) is 8.45. The van der Waals surface area contributed by atoms with Gasteiger partial charge in [0.2, 0.25) is 0 Å². The lowest BCUT2D eigenvalue weighted by Crippen LogP contribution is -2.15. The van der Waals surface area contributed by atoms with Crippen LogP contribution in [0.15, 0.2) is 11.4 Å². The first-order valence-corrected chi connectivity index (χ1v) is 5.43. The van der Waals surface area contributed by atoms with E-state index >= 15 is 0 Å². The molecule has 0 unspecified atom stereocenters. The van der Waals surface area contributed by atoms with Gasteiger partial charge in [-0.15, -0.1) is 11.3 Å². The summed E-state index contributed by atoms with van der Waals surface area (Å²) < 4.78 is 4.68. The Morgan fingerprint density at radius 2 is 2.43 bits per heavy atom. The molecule has 2 N–H and O–H groups in total. The van der Waals surface area contributed by atoms with Crippen molar-refractivity contribution in [1.82, 2.24) is 0 Å². The number of nitrogens with two attached hydrogens (primary N) is 1. The van der Waals surface area contributed by atoms with E-state index in [4.69, 9.17) is 5.73 Å². The van der Waals surface area contributed by atoms with Gasteiger partial charge in [0.05, 0.1) is 7.11 Å². The van der Waals surface area contributed by atoms with E-state index in [2.05, 4.69) is 4.74 Å². The molecule has 0 aliphatic carbocycles. The van der Waals surface area contributed by atoms with Crippen molar-refractivity contribution < 1.29 is 9.53 Å². The molecule has 1 aromatic rings. The molecule has 1 atom stereocenters. The quantitative estimate of drug-likeness (QED) is 0.776. The van der Waals surface area contributed by atoms with E-state index in [9.17, 15) is 4.79 Å². The maximum atomic E-state index is 11.3. The van der Waals surface area contributed by atoms with Crippen molar-refractivity contribution in [3.05, 3.63) is 21.9 Å². The van der Waals surface area contributed by atoms with E-state index in [-0.39, 0.29) is 12.0 Å². The summed E-state index contributed by atoms with van der Waals surface area (Å²) in [5.41, 5.74) is 6.70. The Kier molecular flexibility index (Phi) is 4.10. The van der Waals surface area contributed by atoms with Gasteiger partial charge in [-0.05, 0) is 36.8 Å². The minimum Gasteiger partial charge on any atom is -0.465 e. The van der Waals surface area contributed by atoms with E-state index in [0.29, 0.717) is 4.88 Å².